The number of anilines is 2. The number of rotatable bonds is 5. The molecular formula is C15H14Cl2N2OS. The van der Waals surface area contributed by atoms with Crippen LogP contribution in [-0.2, 0) is 4.79 Å². The number of nitrogens with two attached hydrogens (primary N) is 1. The highest BCUT2D eigenvalue weighted by molar-refractivity contribution is 7.99. The highest BCUT2D eigenvalue weighted by atomic mass is 35.5. The first kappa shape index (κ1) is 16.0. The van der Waals surface area contributed by atoms with Crippen LogP contribution in [0.15, 0.2) is 47.4 Å². The van der Waals surface area contributed by atoms with Gasteiger partial charge in [-0.15, -0.1) is 11.8 Å². The molecule has 2 aromatic rings. The van der Waals surface area contributed by atoms with Crippen LogP contribution in [0.25, 0.3) is 0 Å². The molecule has 2 rings (SSSR count). The maximum absolute atomic E-state index is 11.9. The number of para-hydroxylation sites is 1. The molecule has 3 N–H and O–H groups in total. The molecule has 0 saturated carbocycles. The van der Waals surface area contributed by atoms with Crippen molar-refractivity contribution in [2.24, 2.45) is 0 Å². The van der Waals surface area contributed by atoms with Crippen molar-refractivity contribution >= 4 is 52.2 Å². The lowest BCUT2D eigenvalue weighted by atomic mass is 10.3. The molecule has 0 unspecified atom stereocenters. The highest BCUT2D eigenvalue weighted by Gasteiger charge is 2.09. The van der Waals surface area contributed by atoms with Gasteiger partial charge < -0.3 is 11.1 Å². The van der Waals surface area contributed by atoms with E-state index >= 15 is 0 Å². The van der Waals surface area contributed by atoms with Crippen LogP contribution >= 0.6 is 35.0 Å². The molecule has 0 aliphatic heterocycles. The molecule has 0 fully saturated rings. The van der Waals surface area contributed by atoms with Gasteiger partial charge in [-0.1, -0.05) is 35.3 Å². The Hall–Kier alpha value is -1.36. The SMILES string of the molecule is Nc1cccc(SCCC(=O)Nc2c(Cl)cccc2Cl)c1. The Kier molecular flexibility index (Phi) is 5.79. The number of nitrogen functional groups attached to an aromatic ring is 1. The van der Waals surface area contributed by atoms with Crippen molar-refractivity contribution in [3.63, 3.8) is 0 Å². The predicted octanol–water partition coefficient (Wildman–Crippen LogP) is 4.70. The van der Waals surface area contributed by atoms with Gasteiger partial charge in [-0.25, -0.2) is 0 Å². The van der Waals surface area contributed by atoms with Crippen LogP contribution in [-0.4, -0.2) is 11.7 Å². The molecule has 110 valence electrons. The summed E-state index contributed by atoms with van der Waals surface area (Å²) in [6.07, 6.45) is 0.362. The molecule has 2 aromatic carbocycles. The van der Waals surface area contributed by atoms with Gasteiger partial charge in [0.25, 0.3) is 0 Å². The number of carbonyl (C=O) groups excluding carboxylic acids is 1. The van der Waals surface area contributed by atoms with Gasteiger partial charge in [-0.05, 0) is 30.3 Å². The number of amides is 1. The average molecular weight is 341 g/mol. The number of carbonyl (C=O) groups is 1. The lowest BCUT2D eigenvalue weighted by Gasteiger charge is -2.09. The van der Waals surface area contributed by atoms with Crippen molar-refractivity contribution in [1.82, 2.24) is 0 Å². The maximum atomic E-state index is 11.9. The number of hydrogen-bond donors (Lipinski definition) is 2. The van der Waals surface area contributed by atoms with Crippen LogP contribution in [0, 0.1) is 0 Å². The Balaban J connectivity index is 1.85. The summed E-state index contributed by atoms with van der Waals surface area (Å²) < 4.78 is 0. The molecule has 0 spiro atoms. The first-order valence-corrected chi connectivity index (χ1v) is 8.02. The maximum Gasteiger partial charge on any atom is 0.225 e. The smallest absolute Gasteiger partial charge is 0.225 e. The van der Waals surface area contributed by atoms with Crippen molar-refractivity contribution in [2.75, 3.05) is 16.8 Å². The average Bonchev–Trinajstić information content (AvgIpc) is 2.43. The second kappa shape index (κ2) is 7.59. The summed E-state index contributed by atoms with van der Waals surface area (Å²) in [6.45, 7) is 0. The van der Waals surface area contributed by atoms with Gasteiger partial charge >= 0.3 is 0 Å². The molecule has 6 heteroatoms. The fourth-order valence-electron chi connectivity index (χ4n) is 1.69. The van der Waals surface area contributed by atoms with Gasteiger partial charge in [0.05, 0.1) is 15.7 Å². The van der Waals surface area contributed by atoms with E-state index in [0.29, 0.717) is 33.6 Å². The zero-order valence-electron chi connectivity index (χ0n) is 11.1. The predicted molar refractivity (Wildman–Crippen MR) is 91.3 cm³/mol. The highest BCUT2D eigenvalue weighted by Crippen LogP contribution is 2.30. The first-order chi connectivity index (χ1) is 10.1. The second-order valence-corrected chi connectivity index (χ2v) is 6.30. The summed E-state index contributed by atoms with van der Waals surface area (Å²) in [5.74, 6) is 0.526. The van der Waals surface area contributed by atoms with Crippen LogP contribution in [0.1, 0.15) is 6.42 Å². The molecule has 0 aliphatic carbocycles. The van der Waals surface area contributed by atoms with Crippen molar-refractivity contribution in [1.29, 1.82) is 0 Å². The van der Waals surface area contributed by atoms with Crippen molar-refractivity contribution in [2.45, 2.75) is 11.3 Å². The van der Waals surface area contributed by atoms with Crippen LogP contribution < -0.4 is 11.1 Å². The van der Waals surface area contributed by atoms with Crippen molar-refractivity contribution in [3.8, 4) is 0 Å². The molecule has 0 heterocycles. The minimum absolute atomic E-state index is 0.124. The number of benzene rings is 2. The normalized spacial score (nSPS) is 10.4. The van der Waals surface area contributed by atoms with E-state index in [1.54, 1.807) is 30.0 Å². The number of nitrogens with one attached hydrogen (secondary N) is 1. The summed E-state index contributed by atoms with van der Waals surface area (Å²) in [4.78, 5) is 12.9. The molecule has 1 amide bonds. The summed E-state index contributed by atoms with van der Waals surface area (Å²) in [7, 11) is 0. The third-order valence-corrected chi connectivity index (χ3v) is 4.31. The van der Waals surface area contributed by atoms with E-state index in [2.05, 4.69) is 5.32 Å². The molecule has 0 aromatic heterocycles. The fraction of sp³-hybridized carbons (Fsp3) is 0.133. The van der Waals surface area contributed by atoms with Crippen LogP contribution in [0.3, 0.4) is 0 Å². The zero-order valence-corrected chi connectivity index (χ0v) is 13.4. The third kappa shape index (κ3) is 4.84. The van der Waals surface area contributed by atoms with Gasteiger partial charge in [-0.3, -0.25) is 4.79 Å². The summed E-state index contributed by atoms with van der Waals surface area (Å²) >= 11 is 13.6. The third-order valence-electron chi connectivity index (χ3n) is 2.68. The number of halogens is 2. The molecule has 0 radical (unpaired) electrons. The van der Waals surface area contributed by atoms with Gasteiger partial charge in [0, 0.05) is 22.8 Å². The summed E-state index contributed by atoms with van der Waals surface area (Å²) in [5, 5.41) is 3.60. The van der Waals surface area contributed by atoms with E-state index in [-0.39, 0.29) is 5.91 Å². The minimum Gasteiger partial charge on any atom is -0.399 e. The van der Waals surface area contributed by atoms with E-state index in [1.807, 2.05) is 24.3 Å². The molecular weight excluding hydrogens is 327 g/mol. The standard InChI is InChI=1S/C15H14Cl2N2OS/c16-12-5-2-6-13(17)15(12)19-14(20)7-8-21-11-4-1-3-10(18)9-11/h1-6,9H,7-8,18H2,(H,19,20). The van der Waals surface area contributed by atoms with Gasteiger partial charge in [-0.2, -0.15) is 0 Å². The number of thioether (sulfide) groups is 1. The Morgan fingerprint density at radius 3 is 2.48 bits per heavy atom. The molecule has 0 aliphatic rings. The van der Waals surface area contributed by atoms with Crippen molar-refractivity contribution in [3.05, 3.63) is 52.5 Å². The quantitative estimate of drug-likeness (QED) is 0.612. The Bertz CT molecular complexity index is 629. The zero-order chi connectivity index (χ0) is 15.2. The monoisotopic (exact) mass is 340 g/mol. The first-order valence-electron chi connectivity index (χ1n) is 6.28. The fourth-order valence-corrected chi connectivity index (χ4v) is 3.09. The van der Waals surface area contributed by atoms with E-state index in [9.17, 15) is 4.79 Å². The van der Waals surface area contributed by atoms with E-state index in [4.69, 9.17) is 28.9 Å². The second-order valence-electron chi connectivity index (χ2n) is 4.32. The molecule has 21 heavy (non-hydrogen) atoms. The van der Waals surface area contributed by atoms with Gasteiger partial charge in [0.15, 0.2) is 0 Å². The molecule has 0 saturated heterocycles. The van der Waals surface area contributed by atoms with E-state index in [0.717, 1.165) is 4.90 Å². The summed E-state index contributed by atoms with van der Waals surface area (Å²) in [6, 6.07) is 12.7. The summed E-state index contributed by atoms with van der Waals surface area (Å²) in [5.41, 5.74) is 6.88. The molecule has 0 atom stereocenters. The van der Waals surface area contributed by atoms with Crippen molar-refractivity contribution < 1.29 is 4.79 Å². The molecule has 3 nitrogen and oxygen atoms in total. The van der Waals surface area contributed by atoms with Crippen LogP contribution in [0.2, 0.25) is 10.0 Å². The largest absolute Gasteiger partial charge is 0.399 e. The lowest BCUT2D eigenvalue weighted by Crippen LogP contribution is -2.12. The van der Waals surface area contributed by atoms with E-state index in [1.165, 1.54) is 0 Å². The Morgan fingerprint density at radius 1 is 1.14 bits per heavy atom. The Labute approximate surface area is 137 Å². The minimum atomic E-state index is -0.124. The molecule has 0 bridgehead atoms. The van der Waals surface area contributed by atoms with Gasteiger partial charge in [0.2, 0.25) is 5.91 Å². The van der Waals surface area contributed by atoms with Crippen LogP contribution in [0.4, 0.5) is 11.4 Å². The lowest BCUT2D eigenvalue weighted by molar-refractivity contribution is -0.115. The van der Waals surface area contributed by atoms with E-state index < -0.39 is 0 Å². The number of hydrogen-bond acceptors (Lipinski definition) is 3. The van der Waals surface area contributed by atoms with Crippen LogP contribution in [0.5, 0.6) is 0 Å². The van der Waals surface area contributed by atoms with Gasteiger partial charge in [0.1, 0.15) is 0 Å². The Morgan fingerprint density at radius 2 is 1.81 bits per heavy atom. The topological polar surface area (TPSA) is 55.1 Å².